The van der Waals surface area contributed by atoms with Crippen molar-refractivity contribution >= 4 is 62.4 Å². The Bertz CT molecular complexity index is 478. The summed E-state index contributed by atoms with van der Waals surface area (Å²) in [6.07, 6.45) is 0.982. The van der Waals surface area contributed by atoms with Crippen LogP contribution < -0.4 is 4.90 Å². The summed E-state index contributed by atoms with van der Waals surface area (Å²) in [5.41, 5.74) is 0.805. The van der Waals surface area contributed by atoms with Crippen molar-refractivity contribution in [2.24, 2.45) is 0 Å². The molecule has 1 fully saturated rings. The Morgan fingerprint density at radius 2 is 2.35 bits per heavy atom. The fraction of sp³-hybridized carbons (Fsp3) is 0.583. The number of halogens is 1. The molecule has 0 aromatic carbocycles. The van der Waals surface area contributed by atoms with Crippen LogP contribution in [-0.2, 0) is 21.6 Å². The summed E-state index contributed by atoms with van der Waals surface area (Å²) in [6.45, 7) is 4.30. The molecule has 1 unspecified atom stereocenters. The van der Waals surface area contributed by atoms with Crippen molar-refractivity contribution in [3.63, 3.8) is 0 Å². The minimum atomic E-state index is -1.84. The van der Waals surface area contributed by atoms with Crippen LogP contribution in [0.4, 0.5) is 5.82 Å². The maximum absolute atomic E-state index is 10.9. The summed E-state index contributed by atoms with van der Waals surface area (Å²) >= 11 is 1.52. The topological polar surface area (TPSA) is 62.7 Å². The van der Waals surface area contributed by atoms with E-state index in [9.17, 15) is 4.21 Å². The van der Waals surface area contributed by atoms with Crippen molar-refractivity contribution in [1.29, 1.82) is 0 Å². The van der Waals surface area contributed by atoms with E-state index < -0.39 is 11.1 Å². The predicted molar refractivity (Wildman–Crippen MR) is 85.8 cm³/mol. The molecule has 1 aliphatic heterocycles. The number of aromatic nitrogens is 1. The van der Waals surface area contributed by atoms with Crippen molar-refractivity contribution in [2.45, 2.75) is 25.1 Å². The van der Waals surface area contributed by atoms with Crippen LogP contribution in [0.2, 0.25) is 0 Å². The van der Waals surface area contributed by atoms with Gasteiger partial charge in [0.05, 0.1) is 25.0 Å². The van der Waals surface area contributed by atoms with E-state index >= 15 is 0 Å². The van der Waals surface area contributed by atoms with Crippen LogP contribution in [0.1, 0.15) is 18.9 Å². The molecule has 0 aliphatic carbocycles. The number of rotatable bonds is 4. The first-order valence-corrected chi connectivity index (χ1v) is 8.25. The summed E-state index contributed by atoms with van der Waals surface area (Å²) in [4.78, 5) is 6.68. The van der Waals surface area contributed by atoms with Crippen molar-refractivity contribution in [2.75, 3.05) is 24.7 Å². The van der Waals surface area contributed by atoms with Gasteiger partial charge in [-0.25, -0.2) is 9.19 Å². The Morgan fingerprint density at radius 1 is 1.60 bits per heavy atom. The molecule has 1 aromatic heterocycles. The van der Waals surface area contributed by atoms with Gasteiger partial charge in [-0.1, -0.05) is 6.92 Å². The van der Waals surface area contributed by atoms with E-state index in [1.165, 1.54) is 0 Å². The zero-order valence-electron chi connectivity index (χ0n) is 10.7. The average molecular weight is 373 g/mol. The molecular weight excluding hydrogens is 355 g/mol. The molecule has 1 saturated heterocycles. The van der Waals surface area contributed by atoms with Gasteiger partial charge >= 0.3 is 29.6 Å². The molecule has 20 heavy (non-hydrogen) atoms. The van der Waals surface area contributed by atoms with E-state index in [2.05, 4.69) is 32.7 Å². The first-order valence-electron chi connectivity index (χ1n) is 6.18. The quantitative estimate of drug-likeness (QED) is 0.493. The summed E-state index contributed by atoms with van der Waals surface area (Å²) in [5, 5.41) is 0. The van der Waals surface area contributed by atoms with E-state index in [1.807, 2.05) is 6.07 Å². The molecule has 2 rings (SSSR count). The van der Waals surface area contributed by atoms with E-state index in [0.29, 0.717) is 23.9 Å². The molecule has 5 nitrogen and oxygen atoms in total. The van der Waals surface area contributed by atoms with E-state index in [1.54, 1.807) is 6.07 Å². The number of hydrogen-bond acceptors (Lipinski definition) is 4. The third-order valence-corrected chi connectivity index (χ3v) is 4.11. The number of hydrogen-bond donors (Lipinski definition) is 1. The monoisotopic (exact) mass is 372 g/mol. The van der Waals surface area contributed by atoms with Crippen molar-refractivity contribution in [3.05, 3.63) is 22.3 Å². The van der Waals surface area contributed by atoms with Crippen LogP contribution in [0.15, 0.2) is 16.7 Å². The van der Waals surface area contributed by atoms with Gasteiger partial charge in [0.1, 0.15) is 10.4 Å². The average Bonchev–Trinajstić information content (AvgIpc) is 2.37. The van der Waals surface area contributed by atoms with Gasteiger partial charge in [-0.2, -0.15) is 0 Å². The standard InChI is InChI=1S/C12H17BrN2O3S.Na.H/c1-2-10-7-18-4-3-15(10)12-6-9(8-19(16)17)5-11(13)14-12;;/h5-6,10H,2-4,7-8H2,1H3,(H,16,17);;. The van der Waals surface area contributed by atoms with Gasteiger partial charge in [-0.05, 0) is 40.0 Å². The van der Waals surface area contributed by atoms with Crippen molar-refractivity contribution in [1.82, 2.24) is 4.98 Å². The summed E-state index contributed by atoms with van der Waals surface area (Å²) in [5.74, 6) is 0.958. The molecule has 8 heteroatoms. The Morgan fingerprint density at radius 3 is 3.00 bits per heavy atom. The van der Waals surface area contributed by atoms with Crippen molar-refractivity contribution < 1.29 is 13.5 Å². The van der Waals surface area contributed by atoms with Gasteiger partial charge in [-0.3, -0.25) is 0 Å². The van der Waals surface area contributed by atoms with Crippen LogP contribution >= 0.6 is 15.9 Å². The van der Waals surface area contributed by atoms with Crippen LogP contribution in [-0.4, -0.2) is 69.1 Å². The molecule has 0 radical (unpaired) electrons. The number of nitrogens with zero attached hydrogens (tertiary/aromatic N) is 2. The van der Waals surface area contributed by atoms with E-state index in [-0.39, 0.29) is 35.3 Å². The van der Waals surface area contributed by atoms with E-state index in [4.69, 9.17) is 9.29 Å². The number of anilines is 1. The normalized spacial score (nSPS) is 20.4. The summed E-state index contributed by atoms with van der Waals surface area (Å²) < 4.78 is 26.1. The zero-order valence-corrected chi connectivity index (χ0v) is 13.1. The van der Waals surface area contributed by atoms with Crippen LogP contribution in [0, 0.1) is 0 Å². The molecular formula is C12H18BrN2NaO3S. The molecule has 1 N–H and O–H groups in total. The van der Waals surface area contributed by atoms with Gasteiger partial charge in [0.2, 0.25) is 0 Å². The fourth-order valence-electron chi connectivity index (χ4n) is 2.20. The number of morpholine rings is 1. The minimum absolute atomic E-state index is 0. The number of pyridine rings is 1. The molecule has 0 spiro atoms. The Kier molecular flexibility index (Phi) is 8.18. The second kappa shape index (κ2) is 8.82. The Balaban J connectivity index is 0.00000200. The Labute approximate surface area is 152 Å². The van der Waals surface area contributed by atoms with Gasteiger partial charge in [0, 0.05) is 6.54 Å². The van der Waals surface area contributed by atoms with Crippen LogP contribution in [0.25, 0.3) is 0 Å². The molecule has 2 heterocycles. The maximum atomic E-state index is 10.9. The van der Waals surface area contributed by atoms with Gasteiger partial charge in [0.15, 0.2) is 11.1 Å². The molecule has 0 bridgehead atoms. The molecule has 1 aromatic rings. The molecule has 2 atom stereocenters. The number of ether oxygens (including phenoxy) is 1. The zero-order chi connectivity index (χ0) is 13.8. The second-order valence-electron chi connectivity index (χ2n) is 4.45. The summed E-state index contributed by atoms with van der Waals surface area (Å²) in [6, 6.07) is 3.97. The van der Waals surface area contributed by atoms with Crippen LogP contribution in [0.5, 0.6) is 0 Å². The SMILES string of the molecule is CCC1COCCN1c1cc(C[S@@](=O)O)cc(Br)n1.[NaH]. The summed E-state index contributed by atoms with van der Waals surface area (Å²) in [7, 11) is 0. The first-order chi connectivity index (χ1) is 9.10. The second-order valence-corrected chi connectivity index (χ2v) is 6.20. The molecule has 1 aliphatic rings. The molecule has 108 valence electrons. The van der Waals surface area contributed by atoms with Crippen molar-refractivity contribution in [3.8, 4) is 0 Å². The third kappa shape index (κ3) is 5.05. The fourth-order valence-corrected chi connectivity index (χ4v) is 3.13. The van der Waals surface area contributed by atoms with Gasteiger partial charge in [-0.15, -0.1) is 0 Å². The molecule has 0 amide bonds. The third-order valence-electron chi connectivity index (χ3n) is 3.12. The van der Waals surface area contributed by atoms with Crippen LogP contribution in [0.3, 0.4) is 0 Å². The molecule has 0 saturated carbocycles. The van der Waals surface area contributed by atoms with E-state index in [0.717, 1.165) is 24.3 Å². The Hall–Kier alpha value is 0.500. The van der Waals surface area contributed by atoms with Gasteiger partial charge < -0.3 is 14.2 Å². The van der Waals surface area contributed by atoms with Gasteiger partial charge in [0.25, 0.3) is 0 Å². The predicted octanol–water partition coefficient (Wildman–Crippen LogP) is 1.53. The first kappa shape index (κ1) is 18.5.